The zero-order valence-corrected chi connectivity index (χ0v) is 12.2. The Morgan fingerprint density at radius 2 is 2.16 bits per heavy atom. The van der Waals surface area contributed by atoms with Crippen molar-refractivity contribution in [3.8, 4) is 11.5 Å². The maximum absolute atomic E-state index is 5.70. The second-order valence-electron chi connectivity index (χ2n) is 4.53. The first-order valence-corrected chi connectivity index (χ1v) is 7.55. The van der Waals surface area contributed by atoms with E-state index in [0.29, 0.717) is 5.25 Å². The van der Waals surface area contributed by atoms with Crippen molar-refractivity contribution in [2.24, 2.45) is 0 Å². The number of hydrogen-bond acceptors (Lipinski definition) is 4. The van der Waals surface area contributed by atoms with E-state index in [1.807, 2.05) is 23.9 Å². The normalized spacial score (nSPS) is 15.6. The summed E-state index contributed by atoms with van der Waals surface area (Å²) in [5.74, 6) is 1.73. The Balaban J connectivity index is 1.93. The number of thioether (sulfide) groups is 1. The van der Waals surface area contributed by atoms with Gasteiger partial charge in [-0.25, -0.2) is 0 Å². The standard InChI is InChI=1S/C15H21NO2S/c1-3-7-16-11-12(2)19-13-5-6-14-15(10-13)18-9-4-8-17-14/h3,5-6,10,12,16H,1,4,7-9,11H2,2H3. The maximum atomic E-state index is 5.70. The third-order valence-electron chi connectivity index (χ3n) is 2.78. The highest BCUT2D eigenvalue weighted by atomic mass is 32.2. The van der Waals surface area contributed by atoms with E-state index in [-0.39, 0.29) is 0 Å². The van der Waals surface area contributed by atoms with Crippen molar-refractivity contribution in [1.82, 2.24) is 5.32 Å². The van der Waals surface area contributed by atoms with Crippen LogP contribution in [0.25, 0.3) is 0 Å². The van der Waals surface area contributed by atoms with Gasteiger partial charge in [0.05, 0.1) is 13.2 Å². The van der Waals surface area contributed by atoms with Crippen molar-refractivity contribution in [3.05, 3.63) is 30.9 Å². The molecule has 1 atom stereocenters. The lowest BCUT2D eigenvalue weighted by Gasteiger charge is -2.13. The van der Waals surface area contributed by atoms with Crippen LogP contribution in [0.3, 0.4) is 0 Å². The van der Waals surface area contributed by atoms with Crippen molar-refractivity contribution in [1.29, 1.82) is 0 Å². The fraction of sp³-hybridized carbons (Fsp3) is 0.467. The first-order chi connectivity index (χ1) is 9.29. The summed E-state index contributed by atoms with van der Waals surface area (Å²) in [5, 5.41) is 3.84. The minimum absolute atomic E-state index is 0.504. The van der Waals surface area contributed by atoms with E-state index in [1.54, 1.807) is 0 Å². The van der Waals surface area contributed by atoms with Gasteiger partial charge in [0.25, 0.3) is 0 Å². The van der Waals surface area contributed by atoms with Crippen LogP contribution in [0, 0.1) is 0 Å². The van der Waals surface area contributed by atoms with E-state index in [2.05, 4.69) is 31.0 Å². The molecule has 104 valence electrons. The molecular weight excluding hydrogens is 258 g/mol. The molecule has 0 saturated heterocycles. The largest absolute Gasteiger partial charge is 0.490 e. The molecule has 1 aromatic carbocycles. The van der Waals surface area contributed by atoms with Crippen molar-refractivity contribution < 1.29 is 9.47 Å². The fourth-order valence-corrected chi connectivity index (χ4v) is 2.87. The maximum Gasteiger partial charge on any atom is 0.162 e. The Hall–Kier alpha value is -1.13. The molecule has 0 fully saturated rings. The summed E-state index contributed by atoms with van der Waals surface area (Å²) in [6.45, 7) is 9.20. The molecule has 2 rings (SSSR count). The smallest absolute Gasteiger partial charge is 0.162 e. The van der Waals surface area contributed by atoms with Gasteiger partial charge in [0.15, 0.2) is 11.5 Å². The van der Waals surface area contributed by atoms with Crippen molar-refractivity contribution in [2.75, 3.05) is 26.3 Å². The average Bonchev–Trinajstić information content (AvgIpc) is 2.63. The van der Waals surface area contributed by atoms with Gasteiger partial charge in [0.2, 0.25) is 0 Å². The molecule has 1 N–H and O–H groups in total. The fourth-order valence-electron chi connectivity index (χ4n) is 1.88. The molecule has 0 amide bonds. The Morgan fingerprint density at radius 1 is 1.37 bits per heavy atom. The van der Waals surface area contributed by atoms with Crippen molar-refractivity contribution in [2.45, 2.75) is 23.5 Å². The minimum atomic E-state index is 0.504. The van der Waals surface area contributed by atoms with E-state index in [1.165, 1.54) is 4.90 Å². The van der Waals surface area contributed by atoms with Crippen LogP contribution in [0.5, 0.6) is 11.5 Å². The summed E-state index contributed by atoms with van der Waals surface area (Å²) in [6, 6.07) is 6.18. The third kappa shape index (κ3) is 4.48. The average molecular weight is 279 g/mol. The van der Waals surface area contributed by atoms with E-state index in [0.717, 1.165) is 44.2 Å². The highest BCUT2D eigenvalue weighted by molar-refractivity contribution is 8.00. The van der Waals surface area contributed by atoms with Crippen LogP contribution in [0.4, 0.5) is 0 Å². The number of nitrogens with one attached hydrogen (secondary N) is 1. The predicted octanol–water partition coefficient (Wildman–Crippen LogP) is 3.10. The highest BCUT2D eigenvalue weighted by Gasteiger charge is 2.12. The number of rotatable bonds is 6. The van der Waals surface area contributed by atoms with Gasteiger partial charge in [-0.1, -0.05) is 13.0 Å². The van der Waals surface area contributed by atoms with Crippen LogP contribution in [-0.2, 0) is 0 Å². The van der Waals surface area contributed by atoms with E-state index in [9.17, 15) is 0 Å². The Kier molecular flexibility index (Phi) is 5.61. The van der Waals surface area contributed by atoms with Gasteiger partial charge < -0.3 is 14.8 Å². The summed E-state index contributed by atoms with van der Waals surface area (Å²) in [4.78, 5) is 1.22. The molecule has 1 aromatic rings. The number of benzene rings is 1. The zero-order valence-electron chi connectivity index (χ0n) is 11.4. The van der Waals surface area contributed by atoms with Gasteiger partial charge in [-0.2, -0.15) is 0 Å². The monoisotopic (exact) mass is 279 g/mol. The quantitative estimate of drug-likeness (QED) is 0.492. The molecule has 4 heteroatoms. The summed E-state index contributed by atoms with van der Waals surface area (Å²) in [6.07, 6.45) is 2.82. The molecule has 1 unspecified atom stereocenters. The van der Waals surface area contributed by atoms with Gasteiger partial charge in [-0.05, 0) is 18.2 Å². The molecule has 19 heavy (non-hydrogen) atoms. The molecule has 0 aromatic heterocycles. The molecule has 0 saturated carbocycles. The molecule has 1 aliphatic heterocycles. The second-order valence-corrected chi connectivity index (χ2v) is 6.05. The van der Waals surface area contributed by atoms with Gasteiger partial charge in [-0.15, -0.1) is 18.3 Å². The molecule has 1 heterocycles. The molecular formula is C15H21NO2S. The first kappa shape index (κ1) is 14.3. The van der Waals surface area contributed by atoms with Crippen molar-refractivity contribution >= 4 is 11.8 Å². The molecule has 0 spiro atoms. The number of fused-ring (bicyclic) bond motifs is 1. The van der Waals surface area contributed by atoms with Gasteiger partial charge in [-0.3, -0.25) is 0 Å². The van der Waals surface area contributed by atoms with Crippen LogP contribution in [0.15, 0.2) is 35.7 Å². The molecule has 3 nitrogen and oxygen atoms in total. The van der Waals surface area contributed by atoms with Gasteiger partial charge >= 0.3 is 0 Å². The lowest BCUT2D eigenvalue weighted by molar-refractivity contribution is 0.297. The van der Waals surface area contributed by atoms with Gasteiger partial charge in [0, 0.05) is 29.7 Å². The van der Waals surface area contributed by atoms with E-state index < -0.39 is 0 Å². The topological polar surface area (TPSA) is 30.5 Å². The van der Waals surface area contributed by atoms with Crippen LogP contribution < -0.4 is 14.8 Å². The van der Waals surface area contributed by atoms with E-state index >= 15 is 0 Å². The third-order valence-corrected chi connectivity index (χ3v) is 3.87. The van der Waals surface area contributed by atoms with Crippen LogP contribution >= 0.6 is 11.8 Å². The molecule has 0 aliphatic carbocycles. The van der Waals surface area contributed by atoms with Crippen LogP contribution in [0.1, 0.15) is 13.3 Å². The Labute approximate surface area is 119 Å². The Morgan fingerprint density at radius 3 is 2.95 bits per heavy atom. The molecule has 0 radical (unpaired) electrons. The second kappa shape index (κ2) is 7.46. The minimum Gasteiger partial charge on any atom is -0.490 e. The summed E-state index contributed by atoms with van der Waals surface area (Å²) < 4.78 is 11.3. The van der Waals surface area contributed by atoms with E-state index in [4.69, 9.17) is 9.47 Å². The number of hydrogen-bond donors (Lipinski definition) is 1. The van der Waals surface area contributed by atoms with Crippen LogP contribution in [-0.4, -0.2) is 31.6 Å². The highest BCUT2D eigenvalue weighted by Crippen LogP contribution is 2.35. The first-order valence-electron chi connectivity index (χ1n) is 6.67. The zero-order chi connectivity index (χ0) is 13.5. The Bertz CT molecular complexity index is 423. The summed E-state index contributed by atoms with van der Waals surface area (Å²) >= 11 is 1.84. The number of ether oxygens (including phenoxy) is 2. The predicted molar refractivity (Wildman–Crippen MR) is 80.4 cm³/mol. The summed E-state index contributed by atoms with van der Waals surface area (Å²) in [7, 11) is 0. The molecule has 1 aliphatic rings. The van der Waals surface area contributed by atoms with Crippen molar-refractivity contribution in [3.63, 3.8) is 0 Å². The lowest BCUT2D eigenvalue weighted by atomic mass is 10.3. The molecule has 0 bridgehead atoms. The van der Waals surface area contributed by atoms with Crippen LogP contribution in [0.2, 0.25) is 0 Å². The van der Waals surface area contributed by atoms with Gasteiger partial charge in [0.1, 0.15) is 0 Å². The SMILES string of the molecule is C=CCNCC(C)Sc1ccc2c(c1)OCCCO2. The summed E-state index contributed by atoms with van der Waals surface area (Å²) in [5.41, 5.74) is 0. The lowest BCUT2D eigenvalue weighted by Crippen LogP contribution is -2.22.